The van der Waals surface area contributed by atoms with Crippen LogP contribution in [0.5, 0.6) is 0 Å². The van der Waals surface area contributed by atoms with Crippen molar-refractivity contribution in [2.24, 2.45) is 0 Å². The monoisotopic (exact) mass is 344 g/mol. The fraction of sp³-hybridized carbons (Fsp3) is 0.375. The summed E-state index contributed by atoms with van der Waals surface area (Å²) in [7, 11) is 0. The van der Waals surface area contributed by atoms with E-state index in [0.29, 0.717) is 6.04 Å². The summed E-state index contributed by atoms with van der Waals surface area (Å²) in [5.74, 6) is 1.96. The summed E-state index contributed by atoms with van der Waals surface area (Å²) in [5.41, 5.74) is 2.82. The third-order valence-corrected chi connectivity index (χ3v) is 4.58. The number of halogens is 1. The van der Waals surface area contributed by atoms with Crippen molar-refractivity contribution < 1.29 is 0 Å². The Labute approximate surface area is 132 Å². The molecule has 4 rings (SSSR count). The zero-order valence-electron chi connectivity index (χ0n) is 11.7. The van der Waals surface area contributed by atoms with Gasteiger partial charge in [0.25, 0.3) is 0 Å². The predicted molar refractivity (Wildman–Crippen MR) is 87.6 cm³/mol. The molecule has 1 saturated carbocycles. The number of benzene rings is 1. The molecule has 1 aromatic carbocycles. The van der Waals surface area contributed by atoms with Crippen LogP contribution < -0.4 is 10.2 Å². The number of hydrogen-bond donors (Lipinski definition) is 1. The lowest BCUT2D eigenvalue weighted by molar-refractivity contribution is 0.719. The normalized spacial score (nSPS) is 17.5. The van der Waals surface area contributed by atoms with Gasteiger partial charge in [-0.2, -0.15) is 0 Å². The Morgan fingerprint density at radius 1 is 1.14 bits per heavy atom. The summed E-state index contributed by atoms with van der Waals surface area (Å²) < 4.78 is 1.14. The maximum atomic E-state index is 4.45. The minimum absolute atomic E-state index is 0.616. The van der Waals surface area contributed by atoms with E-state index in [1.807, 2.05) is 0 Å². The molecule has 0 atom stereocenters. The van der Waals surface area contributed by atoms with Gasteiger partial charge in [0.15, 0.2) is 0 Å². The van der Waals surface area contributed by atoms with E-state index in [0.717, 1.165) is 35.6 Å². The lowest BCUT2D eigenvalue weighted by atomic mass is 10.00. The van der Waals surface area contributed by atoms with Crippen molar-refractivity contribution in [3.8, 4) is 0 Å². The van der Waals surface area contributed by atoms with Crippen LogP contribution in [-0.4, -0.2) is 22.6 Å². The van der Waals surface area contributed by atoms with Crippen LogP contribution in [0.25, 0.3) is 0 Å². The van der Waals surface area contributed by atoms with Crippen LogP contribution in [0, 0.1) is 0 Å². The van der Waals surface area contributed by atoms with Crippen molar-refractivity contribution in [1.82, 2.24) is 9.97 Å². The van der Waals surface area contributed by atoms with Gasteiger partial charge in [0.1, 0.15) is 18.0 Å². The van der Waals surface area contributed by atoms with Crippen molar-refractivity contribution in [2.45, 2.75) is 31.8 Å². The van der Waals surface area contributed by atoms with Gasteiger partial charge in [0, 0.05) is 29.7 Å². The van der Waals surface area contributed by atoms with E-state index >= 15 is 0 Å². The second-order valence-electron chi connectivity index (χ2n) is 5.76. The Morgan fingerprint density at radius 3 is 2.90 bits per heavy atom. The molecule has 21 heavy (non-hydrogen) atoms. The van der Waals surface area contributed by atoms with Gasteiger partial charge >= 0.3 is 0 Å². The van der Waals surface area contributed by atoms with E-state index in [4.69, 9.17) is 0 Å². The number of fused-ring (bicyclic) bond motifs is 1. The van der Waals surface area contributed by atoms with E-state index in [2.05, 4.69) is 60.4 Å². The van der Waals surface area contributed by atoms with Gasteiger partial charge in [0.05, 0.1) is 0 Å². The largest absolute Gasteiger partial charge is 0.367 e. The van der Waals surface area contributed by atoms with E-state index in [9.17, 15) is 0 Å². The molecule has 2 heterocycles. The lowest BCUT2D eigenvalue weighted by Crippen LogP contribution is -2.31. The lowest BCUT2D eigenvalue weighted by Gasteiger charge is -2.30. The summed E-state index contributed by atoms with van der Waals surface area (Å²) in [6.45, 7) is 1.92. The first-order valence-electron chi connectivity index (χ1n) is 7.39. The van der Waals surface area contributed by atoms with E-state index in [1.165, 1.54) is 24.0 Å². The van der Waals surface area contributed by atoms with Crippen molar-refractivity contribution >= 4 is 27.6 Å². The van der Waals surface area contributed by atoms with Crippen LogP contribution in [0.4, 0.5) is 11.6 Å². The highest BCUT2D eigenvalue weighted by molar-refractivity contribution is 9.10. The molecule has 1 fully saturated rings. The number of aromatic nitrogens is 2. The minimum Gasteiger partial charge on any atom is -0.367 e. The zero-order chi connectivity index (χ0) is 14.2. The number of nitrogens with zero attached hydrogens (tertiary/aromatic N) is 3. The Hall–Kier alpha value is -1.62. The zero-order valence-corrected chi connectivity index (χ0v) is 13.3. The highest BCUT2D eigenvalue weighted by Crippen LogP contribution is 2.28. The van der Waals surface area contributed by atoms with Gasteiger partial charge in [0.2, 0.25) is 0 Å². The average molecular weight is 345 g/mol. The molecule has 2 aromatic rings. The molecule has 0 bridgehead atoms. The van der Waals surface area contributed by atoms with Crippen molar-refractivity contribution in [2.75, 3.05) is 16.8 Å². The number of rotatable bonds is 3. The third-order valence-electron chi connectivity index (χ3n) is 4.09. The Kier molecular flexibility index (Phi) is 3.30. The molecular formula is C16H17BrN4. The summed E-state index contributed by atoms with van der Waals surface area (Å²) in [5, 5.41) is 3.44. The molecule has 0 radical (unpaired) electrons. The van der Waals surface area contributed by atoms with Crippen molar-refractivity contribution in [3.63, 3.8) is 0 Å². The summed E-state index contributed by atoms with van der Waals surface area (Å²) in [6.07, 6.45) is 5.24. The molecule has 5 heteroatoms. The van der Waals surface area contributed by atoms with Gasteiger partial charge in [-0.3, -0.25) is 0 Å². The second kappa shape index (κ2) is 5.30. The maximum absolute atomic E-state index is 4.45. The Bertz CT molecular complexity index is 669. The van der Waals surface area contributed by atoms with Gasteiger partial charge in [-0.1, -0.05) is 22.0 Å². The van der Waals surface area contributed by atoms with Crippen molar-refractivity contribution in [1.29, 1.82) is 0 Å². The SMILES string of the molecule is Brc1ccc2c(c1)CN(c1cc(NC3CC3)ncn1)CC2. The average Bonchev–Trinajstić information content (AvgIpc) is 3.31. The highest BCUT2D eigenvalue weighted by atomic mass is 79.9. The van der Waals surface area contributed by atoms with Crippen LogP contribution in [0.2, 0.25) is 0 Å². The second-order valence-corrected chi connectivity index (χ2v) is 6.68. The smallest absolute Gasteiger partial charge is 0.134 e. The molecular weight excluding hydrogens is 328 g/mol. The first-order chi connectivity index (χ1) is 10.3. The van der Waals surface area contributed by atoms with Crippen LogP contribution >= 0.6 is 15.9 Å². The van der Waals surface area contributed by atoms with Gasteiger partial charge in [-0.15, -0.1) is 0 Å². The first-order valence-corrected chi connectivity index (χ1v) is 8.18. The fourth-order valence-corrected chi connectivity index (χ4v) is 3.17. The maximum Gasteiger partial charge on any atom is 0.134 e. The van der Waals surface area contributed by atoms with Crippen LogP contribution in [0.15, 0.2) is 35.1 Å². The number of nitrogens with one attached hydrogen (secondary N) is 1. The van der Waals surface area contributed by atoms with E-state index in [1.54, 1.807) is 6.33 Å². The standard InChI is InChI=1S/C16H17BrN4/c17-13-2-1-11-5-6-21(9-12(11)7-13)16-8-15(18-10-19-16)20-14-3-4-14/h1-2,7-8,10,14H,3-6,9H2,(H,18,19,20). The topological polar surface area (TPSA) is 41.0 Å². The number of anilines is 2. The molecule has 1 aliphatic carbocycles. The first kappa shape index (κ1) is 13.1. The third kappa shape index (κ3) is 2.88. The molecule has 108 valence electrons. The molecule has 0 unspecified atom stereocenters. The molecule has 0 spiro atoms. The molecule has 0 saturated heterocycles. The van der Waals surface area contributed by atoms with Crippen LogP contribution in [-0.2, 0) is 13.0 Å². The quantitative estimate of drug-likeness (QED) is 0.926. The molecule has 0 amide bonds. The predicted octanol–water partition coefficient (Wildman–Crippen LogP) is 3.38. The molecule has 2 aliphatic rings. The molecule has 1 N–H and O–H groups in total. The van der Waals surface area contributed by atoms with Gasteiger partial charge in [-0.05, 0) is 42.5 Å². The fourth-order valence-electron chi connectivity index (χ4n) is 2.76. The summed E-state index contributed by atoms with van der Waals surface area (Å²) in [4.78, 5) is 11.1. The van der Waals surface area contributed by atoms with Crippen LogP contribution in [0.1, 0.15) is 24.0 Å². The summed E-state index contributed by atoms with van der Waals surface area (Å²) in [6, 6.07) is 9.24. The van der Waals surface area contributed by atoms with E-state index < -0.39 is 0 Å². The molecule has 1 aromatic heterocycles. The highest BCUT2D eigenvalue weighted by Gasteiger charge is 2.22. The Balaban J connectivity index is 1.56. The van der Waals surface area contributed by atoms with Gasteiger partial charge < -0.3 is 10.2 Å². The Morgan fingerprint density at radius 2 is 2.05 bits per heavy atom. The van der Waals surface area contributed by atoms with Crippen molar-refractivity contribution in [3.05, 3.63) is 46.2 Å². The van der Waals surface area contributed by atoms with E-state index in [-0.39, 0.29) is 0 Å². The van der Waals surface area contributed by atoms with Gasteiger partial charge in [-0.25, -0.2) is 9.97 Å². The number of hydrogen-bond acceptors (Lipinski definition) is 4. The molecule has 4 nitrogen and oxygen atoms in total. The summed E-state index contributed by atoms with van der Waals surface area (Å²) >= 11 is 3.56. The molecule has 1 aliphatic heterocycles. The minimum atomic E-state index is 0.616. The van der Waals surface area contributed by atoms with Crippen LogP contribution in [0.3, 0.4) is 0 Å².